The lowest BCUT2D eigenvalue weighted by Crippen LogP contribution is -2.29. The van der Waals surface area contributed by atoms with Gasteiger partial charge in [-0.05, 0) is 38.3 Å². The molecule has 0 aliphatic carbocycles. The Morgan fingerprint density at radius 3 is 2.95 bits per heavy atom. The topological polar surface area (TPSA) is 19.4 Å². The Bertz CT molecular complexity index is 403. The van der Waals surface area contributed by atoms with Gasteiger partial charge in [0.25, 0.3) is 0 Å². The number of likely N-dealkylation sites (tertiary alicyclic amines) is 1. The smallest absolute Gasteiger partial charge is 0.133 e. The quantitative estimate of drug-likeness (QED) is 0.810. The average Bonchev–Trinajstić information content (AvgIpc) is 2.85. The summed E-state index contributed by atoms with van der Waals surface area (Å²) in [7, 11) is 2.13. The predicted octanol–water partition coefficient (Wildman–Crippen LogP) is 3.33. The molecular weight excluding hydrogens is 234 g/mol. The molecule has 1 aliphatic heterocycles. The Morgan fingerprint density at radius 2 is 2.26 bits per heavy atom. The second-order valence-electron chi connectivity index (χ2n) is 5.98. The number of anilines is 1. The zero-order valence-corrected chi connectivity index (χ0v) is 12.8. The summed E-state index contributed by atoms with van der Waals surface area (Å²) in [6.07, 6.45) is 4.48. The lowest BCUT2D eigenvalue weighted by Gasteiger charge is -2.29. The molecule has 1 saturated heterocycles. The van der Waals surface area contributed by atoms with Crippen molar-refractivity contribution >= 4 is 5.82 Å². The number of hydrogen-bond acceptors (Lipinski definition) is 3. The maximum atomic E-state index is 4.61. The third-order valence-corrected chi connectivity index (χ3v) is 3.98. The number of aromatic nitrogens is 1. The van der Waals surface area contributed by atoms with E-state index in [1.807, 2.05) is 6.20 Å². The molecule has 0 radical (unpaired) electrons. The lowest BCUT2D eigenvalue weighted by molar-refractivity contribution is 0.229. The lowest BCUT2D eigenvalue weighted by atomic mass is 10.0. The van der Waals surface area contributed by atoms with E-state index in [0.717, 1.165) is 18.3 Å². The summed E-state index contributed by atoms with van der Waals surface area (Å²) in [6, 6.07) is 4.89. The fraction of sp³-hybridized carbons (Fsp3) is 0.688. The molecule has 0 bridgehead atoms. The first-order valence-electron chi connectivity index (χ1n) is 7.53. The Hall–Kier alpha value is -1.09. The van der Waals surface area contributed by atoms with Gasteiger partial charge in [0.15, 0.2) is 0 Å². The van der Waals surface area contributed by atoms with E-state index in [1.165, 1.54) is 31.5 Å². The third kappa shape index (κ3) is 3.27. The van der Waals surface area contributed by atoms with Crippen LogP contribution in [0.3, 0.4) is 0 Å². The second kappa shape index (κ2) is 6.38. The van der Waals surface area contributed by atoms with Crippen molar-refractivity contribution in [1.29, 1.82) is 0 Å². The minimum Gasteiger partial charge on any atom is -0.360 e. The number of pyridine rings is 1. The van der Waals surface area contributed by atoms with E-state index in [2.05, 4.69) is 54.7 Å². The molecule has 1 aromatic heterocycles. The molecule has 3 nitrogen and oxygen atoms in total. The summed E-state index contributed by atoms with van der Waals surface area (Å²) < 4.78 is 0. The first kappa shape index (κ1) is 14.3. The van der Waals surface area contributed by atoms with Crippen LogP contribution in [-0.2, 0) is 0 Å². The summed E-state index contributed by atoms with van der Waals surface area (Å²) >= 11 is 0. The summed E-state index contributed by atoms with van der Waals surface area (Å²) in [5.74, 6) is 1.88. The SMILES string of the molecule is CCN(C)c1ncccc1[C@H]1CCCN1CC(C)C. The maximum absolute atomic E-state index is 4.61. The van der Waals surface area contributed by atoms with Gasteiger partial charge in [-0.15, -0.1) is 0 Å². The highest BCUT2D eigenvalue weighted by molar-refractivity contribution is 5.48. The summed E-state index contributed by atoms with van der Waals surface area (Å²) in [5.41, 5.74) is 1.41. The molecule has 19 heavy (non-hydrogen) atoms. The van der Waals surface area contributed by atoms with Crippen molar-refractivity contribution in [3.8, 4) is 0 Å². The molecule has 0 N–H and O–H groups in total. The van der Waals surface area contributed by atoms with Gasteiger partial charge in [0, 0.05) is 37.9 Å². The van der Waals surface area contributed by atoms with Crippen LogP contribution in [0.2, 0.25) is 0 Å². The molecule has 0 saturated carbocycles. The van der Waals surface area contributed by atoms with Crippen LogP contribution >= 0.6 is 0 Å². The molecule has 1 aromatic rings. The molecule has 2 rings (SSSR count). The fourth-order valence-electron chi connectivity index (χ4n) is 3.00. The molecule has 1 atom stereocenters. The van der Waals surface area contributed by atoms with Gasteiger partial charge < -0.3 is 4.90 Å². The van der Waals surface area contributed by atoms with E-state index in [4.69, 9.17) is 0 Å². The fourth-order valence-corrected chi connectivity index (χ4v) is 3.00. The highest BCUT2D eigenvalue weighted by Crippen LogP contribution is 2.36. The van der Waals surface area contributed by atoms with Crippen molar-refractivity contribution in [2.24, 2.45) is 5.92 Å². The van der Waals surface area contributed by atoms with Crippen LogP contribution in [0.25, 0.3) is 0 Å². The average molecular weight is 261 g/mol. The van der Waals surface area contributed by atoms with E-state index < -0.39 is 0 Å². The van der Waals surface area contributed by atoms with Crippen LogP contribution in [0.4, 0.5) is 5.82 Å². The summed E-state index contributed by atoms with van der Waals surface area (Å²) in [6.45, 7) is 10.2. The standard InChI is InChI=1S/C16H27N3/c1-5-18(4)16-14(8-6-10-17-16)15-9-7-11-19(15)12-13(2)3/h6,8,10,13,15H,5,7,9,11-12H2,1-4H3/t15-/m1/s1. The molecule has 3 heteroatoms. The Kier molecular flexibility index (Phi) is 4.81. The van der Waals surface area contributed by atoms with Crippen molar-refractivity contribution in [2.45, 2.75) is 39.7 Å². The van der Waals surface area contributed by atoms with Gasteiger partial charge in [0.05, 0.1) is 0 Å². The van der Waals surface area contributed by atoms with Gasteiger partial charge in [-0.3, -0.25) is 4.90 Å². The van der Waals surface area contributed by atoms with E-state index in [9.17, 15) is 0 Å². The van der Waals surface area contributed by atoms with Gasteiger partial charge >= 0.3 is 0 Å². The van der Waals surface area contributed by atoms with Gasteiger partial charge in [-0.25, -0.2) is 4.98 Å². The van der Waals surface area contributed by atoms with Crippen molar-refractivity contribution < 1.29 is 0 Å². The molecule has 0 aromatic carbocycles. The van der Waals surface area contributed by atoms with Gasteiger partial charge in [0.2, 0.25) is 0 Å². The van der Waals surface area contributed by atoms with Crippen LogP contribution < -0.4 is 4.90 Å². The van der Waals surface area contributed by atoms with Crippen molar-refractivity contribution in [1.82, 2.24) is 9.88 Å². The zero-order valence-electron chi connectivity index (χ0n) is 12.8. The largest absolute Gasteiger partial charge is 0.360 e. The Balaban J connectivity index is 2.25. The van der Waals surface area contributed by atoms with Gasteiger partial charge in [-0.2, -0.15) is 0 Å². The van der Waals surface area contributed by atoms with E-state index in [-0.39, 0.29) is 0 Å². The summed E-state index contributed by atoms with van der Waals surface area (Å²) in [4.78, 5) is 9.49. The molecule has 1 aliphatic rings. The minimum atomic E-state index is 0.556. The molecular formula is C16H27N3. The summed E-state index contributed by atoms with van der Waals surface area (Å²) in [5, 5.41) is 0. The Morgan fingerprint density at radius 1 is 1.47 bits per heavy atom. The predicted molar refractivity (Wildman–Crippen MR) is 81.6 cm³/mol. The molecule has 0 spiro atoms. The van der Waals surface area contributed by atoms with Gasteiger partial charge in [0.1, 0.15) is 5.82 Å². The second-order valence-corrected chi connectivity index (χ2v) is 5.98. The van der Waals surface area contributed by atoms with E-state index in [0.29, 0.717) is 6.04 Å². The van der Waals surface area contributed by atoms with E-state index in [1.54, 1.807) is 0 Å². The zero-order chi connectivity index (χ0) is 13.8. The highest BCUT2D eigenvalue weighted by Gasteiger charge is 2.28. The third-order valence-electron chi connectivity index (χ3n) is 3.98. The van der Waals surface area contributed by atoms with Crippen LogP contribution in [0.1, 0.15) is 45.2 Å². The molecule has 106 valence electrons. The highest BCUT2D eigenvalue weighted by atomic mass is 15.2. The molecule has 0 unspecified atom stereocenters. The first-order valence-corrected chi connectivity index (χ1v) is 7.53. The van der Waals surface area contributed by atoms with Gasteiger partial charge in [-0.1, -0.05) is 19.9 Å². The van der Waals surface area contributed by atoms with Crippen molar-refractivity contribution in [3.63, 3.8) is 0 Å². The van der Waals surface area contributed by atoms with Crippen LogP contribution in [0.5, 0.6) is 0 Å². The number of hydrogen-bond donors (Lipinski definition) is 0. The molecule has 1 fully saturated rings. The molecule has 2 heterocycles. The van der Waals surface area contributed by atoms with E-state index >= 15 is 0 Å². The Labute approximate surface area is 117 Å². The maximum Gasteiger partial charge on any atom is 0.133 e. The number of nitrogens with zero attached hydrogens (tertiary/aromatic N) is 3. The van der Waals surface area contributed by atoms with Crippen LogP contribution in [0.15, 0.2) is 18.3 Å². The normalized spacial score (nSPS) is 20.2. The molecule has 0 amide bonds. The van der Waals surface area contributed by atoms with Crippen LogP contribution in [0, 0.1) is 5.92 Å². The van der Waals surface area contributed by atoms with Crippen molar-refractivity contribution in [3.05, 3.63) is 23.9 Å². The first-order chi connectivity index (χ1) is 9.13. The monoisotopic (exact) mass is 261 g/mol. The van der Waals surface area contributed by atoms with Crippen molar-refractivity contribution in [2.75, 3.05) is 31.6 Å². The number of rotatable bonds is 5. The minimum absolute atomic E-state index is 0.556. The van der Waals surface area contributed by atoms with Crippen LogP contribution in [-0.4, -0.2) is 36.6 Å².